The van der Waals surface area contributed by atoms with E-state index in [9.17, 15) is 4.79 Å². The van der Waals surface area contributed by atoms with Crippen molar-refractivity contribution in [3.05, 3.63) is 18.7 Å². The molecule has 0 aliphatic carbocycles. The Labute approximate surface area is 139 Å². The number of hydrogen-bond acceptors (Lipinski definition) is 3. The fourth-order valence-corrected chi connectivity index (χ4v) is 3.82. The number of amides is 1. The summed E-state index contributed by atoms with van der Waals surface area (Å²) >= 11 is 0. The van der Waals surface area contributed by atoms with Crippen LogP contribution in [0.15, 0.2) is 18.7 Å². The lowest BCUT2D eigenvalue weighted by atomic mass is 9.96. The van der Waals surface area contributed by atoms with Crippen LogP contribution >= 0.6 is 0 Å². The molecule has 1 aromatic heterocycles. The molecule has 0 saturated carbocycles. The maximum absolute atomic E-state index is 12.6. The topological polar surface area (TPSA) is 41.4 Å². The molecule has 128 valence electrons. The predicted octanol–water partition coefficient (Wildman–Crippen LogP) is 2.39. The number of aromatic nitrogens is 2. The van der Waals surface area contributed by atoms with Gasteiger partial charge in [0.05, 0.1) is 12.9 Å². The van der Waals surface area contributed by atoms with Gasteiger partial charge in [0.2, 0.25) is 5.91 Å². The number of nitrogens with zero attached hydrogens (tertiary/aromatic N) is 4. The minimum Gasteiger partial charge on any atom is -0.342 e. The molecule has 3 heterocycles. The van der Waals surface area contributed by atoms with E-state index in [0.717, 1.165) is 45.6 Å². The minimum absolute atomic E-state index is 0.339. The van der Waals surface area contributed by atoms with Gasteiger partial charge in [-0.3, -0.25) is 9.69 Å². The first-order valence-electron chi connectivity index (χ1n) is 9.27. The standard InChI is InChI=1S/C18H30N4O/c23-18(15-20-9-4-2-1-3-5-10-20)22-11-6-17(7-12-22)14-21-13-8-19-16-21/h8,13,16-17H,1-7,9-12,14-15H2. The molecule has 0 N–H and O–H groups in total. The van der Waals surface area contributed by atoms with Gasteiger partial charge in [-0.2, -0.15) is 0 Å². The van der Waals surface area contributed by atoms with Crippen molar-refractivity contribution in [3.63, 3.8) is 0 Å². The molecule has 5 nitrogen and oxygen atoms in total. The first-order chi connectivity index (χ1) is 11.3. The molecule has 0 aromatic carbocycles. The molecule has 2 fully saturated rings. The third-order valence-electron chi connectivity index (χ3n) is 5.30. The summed E-state index contributed by atoms with van der Waals surface area (Å²) in [4.78, 5) is 21.1. The Kier molecular flexibility index (Phi) is 6.08. The largest absolute Gasteiger partial charge is 0.342 e. The Balaban J connectivity index is 1.40. The second kappa shape index (κ2) is 8.48. The maximum atomic E-state index is 12.6. The average Bonchev–Trinajstić information content (AvgIpc) is 3.03. The van der Waals surface area contributed by atoms with E-state index in [2.05, 4.69) is 19.4 Å². The van der Waals surface area contributed by atoms with Crippen molar-refractivity contribution in [3.8, 4) is 0 Å². The second-order valence-electron chi connectivity index (χ2n) is 7.13. The number of rotatable bonds is 4. The molecular formula is C18H30N4O. The smallest absolute Gasteiger partial charge is 0.236 e. The quantitative estimate of drug-likeness (QED) is 0.856. The molecule has 0 unspecified atom stereocenters. The molecule has 2 saturated heterocycles. The van der Waals surface area contributed by atoms with Crippen molar-refractivity contribution in [1.29, 1.82) is 0 Å². The highest BCUT2D eigenvalue weighted by molar-refractivity contribution is 5.78. The van der Waals surface area contributed by atoms with Crippen LogP contribution in [-0.2, 0) is 11.3 Å². The van der Waals surface area contributed by atoms with Crippen LogP contribution in [0, 0.1) is 5.92 Å². The molecule has 0 atom stereocenters. The van der Waals surface area contributed by atoms with E-state index in [-0.39, 0.29) is 0 Å². The molecule has 5 heteroatoms. The van der Waals surface area contributed by atoms with E-state index in [1.807, 2.05) is 18.7 Å². The molecule has 3 rings (SSSR count). The van der Waals surface area contributed by atoms with Gasteiger partial charge >= 0.3 is 0 Å². The van der Waals surface area contributed by atoms with Crippen LogP contribution < -0.4 is 0 Å². The first kappa shape index (κ1) is 16.5. The number of likely N-dealkylation sites (tertiary alicyclic amines) is 2. The zero-order valence-electron chi connectivity index (χ0n) is 14.2. The van der Waals surface area contributed by atoms with Crippen molar-refractivity contribution in [2.24, 2.45) is 5.92 Å². The van der Waals surface area contributed by atoms with Crippen molar-refractivity contribution in [2.45, 2.75) is 51.5 Å². The van der Waals surface area contributed by atoms with Crippen LogP contribution in [0.25, 0.3) is 0 Å². The molecule has 1 amide bonds. The molecule has 2 aliphatic heterocycles. The van der Waals surface area contributed by atoms with E-state index >= 15 is 0 Å². The van der Waals surface area contributed by atoms with Crippen molar-refractivity contribution in [2.75, 3.05) is 32.7 Å². The van der Waals surface area contributed by atoms with E-state index in [1.54, 1.807) is 0 Å². The van der Waals surface area contributed by atoms with Crippen LogP contribution in [0.2, 0.25) is 0 Å². The molecule has 2 aliphatic rings. The van der Waals surface area contributed by atoms with Gasteiger partial charge < -0.3 is 9.47 Å². The first-order valence-corrected chi connectivity index (χ1v) is 9.27. The van der Waals surface area contributed by atoms with Crippen molar-refractivity contribution >= 4 is 5.91 Å². The normalized spacial score (nSPS) is 21.8. The third kappa shape index (κ3) is 5.06. The SMILES string of the molecule is O=C(CN1CCCCCCC1)N1CCC(Cn2ccnc2)CC1. The van der Waals surface area contributed by atoms with Gasteiger partial charge in [-0.15, -0.1) is 0 Å². The maximum Gasteiger partial charge on any atom is 0.236 e. The summed E-state index contributed by atoms with van der Waals surface area (Å²) in [5.41, 5.74) is 0. The molecule has 23 heavy (non-hydrogen) atoms. The van der Waals surface area contributed by atoms with Gasteiger partial charge in [0.1, 0.15) is 0 Å². The third-order valence-corrected chi connectivity index (χ3v) is 5.30. The highest BCUT2D eigenvalue weighted by Crippen LogP contribution is 2.19. The summed E-state index contributed by atoms with van der Waals surface area (Å²) in [5, 5.41) is 0. The summed E-state index contributed by atoms with van der Waals surface area (Å²) in [6, 6.07) is 0. The Morgan fingerprint density at radius 1 is 1.00 bits per heavy atom. The van der Waals surface area contributed by atoms with Gasteiger partial charge in [-0.1, -0.05) is 19.3 Å². The Morgan fingerprint density at radius 3 is 2.35 bits per heavy atom. The predicted molar refractivity (Wildman–Crippen MR) is 91.1 cm³/mol. The highest BCUT2D eigenvalue weighted by Gasteiger charge is 2.24. The zero-order valence-corrected chi connectivity index (χ0v) is 14.2. The van der Waals surface area contributed by atoms with Crippen LogP contribution in [0.4, 0.5) is 0 Å². The van der Waals surface area contributed by atoms with E-state index < -0.39 is 0 Å². The molecule has 0 bridgehead atoms. The fourth-order valence-electron chi connectivity index (χ4n) is 3.82. The summed E-state index contributed by atoms with van der Waals surface area (Å²) < 4.78 is 2.16. The zero-order chi connectivity index (χ0) is 15.9. The van der Waals surface area contributed by atoms with Gasteiger partial charge in [0.25, 0.3) is 0 Å². The molecule has 1 aromatic rings. The molecular weight excluding hydrogens is 288 g/mol. The van der Waals surface area contributed by atoms with Gasteiger partial charge in [0, 0.05) is 32.0 Å². The van der Waals surface area contributed by atoms with Crippen molar-refractivity contribution < 1.29 is 4.79 Å². The lowest BCUT2D eigenvalue weighted by Gasteiger charge is -2.34. The van der Waals surface area contributed by atoms with Crippen LogP contribution in [0.3, 0.4) is 0 Å². The second-order valence-corrected chi connectivity index (χ2v) is 7.13. The lowest BCUT2D eigenvalue weighted by Crippen LogP contribution is -2.45. The number of piperidine rings is 1. The van der Waals surface area contributed by atoms with Crippen LogP contribution in [0.5, 0.6) is 0 Å². The van der Waals surface area contributed by atoms with Gasteiger partial charge in [0.15, 0.2) is 0 Å². The summed E-state index contributed by atoms with van der Waals surface area (Å²) in [7, 11) is 0. The Morgan fingerprint density at radius 2 is 1.70 bits per heavy atom. The highest BCUT2D eigenvalue weighted by atomic mass is 16.2. The summed E-state index contributed by atoms with van der Waals surface area (Å²) in [6.45, 7) is 5.71. The summed E-state index contributed by atoms with van der Waals surface area (Å²) in [6.07, 6.45) is 14.5. The summed E-state index contributed by atoms with van der Waals surface area (Å²) in [5.74, 6) is 1.02. The monoisotopic (exact) mass is 318 g/mol. The van der Waals surface area contributed by atoms with Gasteiger partial charge in [-0.05, 0) is 44.7 Å². The Hall–Kier alpha value is -1.36. The van der Waals surface area contributed by atoms with E-state index in [0.29, 0.717) is 18.4 Å². The van der Waals surface area contributed by atoms with E-state index in [1.165, 1.54) is 32.1 Å². The average molecular weight is 318 g/mol. The van der Waals surface area contributed by atoms with Crippen molar-refractivity contribution in [1.82, 2.24) is 19.4 Å². The van der Waals surface area contributed by atoms with Crippen LogP contribution in [0.1, 0.15) is 44.9 Å². The van der Waals surface area contributed by atoms with E-state index in [4.69, 9.17) is 0 Å². The number of carbonyl (C=O) groups excluding carboxylic acids is 1. The number of hydrogen-bond donors (Lipinski definition) is 0. The number of carbonyl (C=O) groups is 1. The lowest BCUT2D eigenvalue weighted by molar-refractivity contribution is -0.134. The van der Waals surface area contributed by atoms with Crippen LogP contribution in [-0.4, -0.2) is 58.0 Å². The molecule has 0 radical (unpaired) electrons. The van der Waals surface area contributed by atoms with Gasteiger partial charge in [-0.25, -0.2) is 4.98 Å². The fraction of sp³-hybridized carbons (Fsp3) is 0.778. The minimum atomic E-state index is 0.339. The molecule has 0 spiro atoms. The Bertz CT molecular complexity index is 457. The number of imidazole rings is 1.